The number of hydrogen-bond acceptors (Lipinski definition) is 4. The highest BCUT2D eigenvalue weighted by Gasteiger charge is 2.23. The summed E-state index contributed by atoms with van der Waals surface area (Å²) in [4.78, 5) is 16.0. The summed E-state index contributed by atoms with van der Waals surface area (Å²) in [5.74, 6) is -0.388. The van der Waals surface area contributed by atoms with Gasteiger partial charge < -0.3 is 14.5 Å². The van der Waals surface area contributed by atoms with Gasteiger partial charge in [0.15, 0.2) is 0 Å². The molecule has 2 aromatic carbocycles. The first-order valence-corrected chi connectivity index (χ1v) is 8.68. The molecule has 0 aliphatic carbocycles. The van der Waals surface area contributed by atoms with Crippen molar-refractivity contribution in [2.45, 2.75) is 6.42 Å². The largest absolute Gasteiger partial charge is 0.493 e. The summed E-state index contributed by atoms with van der Waals surface area (Å²) in [6, 6.07) is 12.1. The van der Waals surface area contributed by atoms with E-state index in [0.717, 1.165) is 0 Å². The van der Waals surface area contributed by atoms with E-state index < -0.39 is 5.82 Å². The fourth-order valence-corrected chi connectivity index (χ4v) is 3.03. The minimum Gasteiger partial charge on any atom is -0.493 e. The fraction of sp³-hybridized carbons (Fsp3) is 0.300. The number of anilines is 1. The van der Waals surface area contributed by atoms with Gasteiger partial charge in [-0.1, -0.05) is 6.07 Å². The second-order valence-corrected chi connectivity index (χ2v) is 6.17. The topological polar surface area (TPSA) is 56.6 Å². The first-order valence-electron chi connectivity index (χ1n) is 8.68. The molecular weight excluding hydrogens is 352 g/mol. The van der Waals surface area contributed by atoms with Crippen LogP contribution < -0.4 is 9.64 Å². The summed E-state index contributed by atoms with van der Waals surface area (Å²) in [7, 11) is 0. The van der Waals surface area contributed by atoms with Crippen LogP contribution in [-0.2, 0) is 4.79 Å². The Morgan fingerprint density at radius 2 is 1.78 bits per heavy atom. The normalized spacial score (nSPS) is 14.0. The number of rotatable bonds is 5. The average Bonchev–Trinajstić information content (AvgIpc) is 2.69. The lowest BCUT2D eigenvalue weighted by molar-refractivity contribution is -0.132. The van der Waals surface area contributed by atoms with Gasteiger partial charge in [0.25, 0.3) is 0 Å². The van der Waals surface area contributed by atoms with Crippen LogP contribution in [0.4, 0.5) is 14.5 Å². The van der Waals surface area contributed by atoms with E-state index in [1.807, 2.05) is 11.0 Å². The number of benzene rings is 2. The predicted octanol–water partition coefficient (Wildman–Crippen LogP) is 2.95. The Bertz CT molecular complexity index is 841. The number of ether oxygens (including phenoxy) is 1. The molecule has 0 N–H and O–H groups in total. The number of nitrogens with zero attached hydrogens (tertiary/aromatic N) is 3. The van der Waals surface area contributed by atoms with Gasteiger partial charge in [-0.15, -0.1) is 0 Å². The number of hydrogen-bond donors (Lipinski definition) is 0. The van der Waals surface area contributed by atoms with Crippen molar-refractivity contribution in [1.29, 1.82) is 5.26 Å². The highest BCUT2D eigenvalue weighted by atomic mass is 19.1. The number of halogens is 2. The van der Waals surface area contributed by atoms with Crippen LogP contribution in [0.15, 0.2) is 42.5 Å². The van der Waals surface area contributed by atoms with Crippen molar-refractivity contribution in [3.63, 3.8) is 0 Å². The zero-order valence-electron chi connectivity index (χ0n) is 14.7. The minimum atomic E-state index is -0.536. The van der Waals surface area contributed by atoms with E-state index in [-0.39, 0.29) is 30.3 Å². The van der Waals surface area contributed by atoms with Gasteiger partial charge >= 0.3 is 0 Å². The van der Waals surface area contributed by atoms with E-state index in [2.05, 4.69) is 0 Å². The van der Waals surface area contributed by atoms with E-state index in [1.165, 1.54) is 30.3 Å². The zero-order chi connectivity index (χ0) is 19.2. The standard InChI is InChI=1S/C20H19F2N3O2/c21-15-4-6-16(7-5-15)27-13-8-20(26)25-11-9-24(10-12-25)19-3-1-2-18(22)17(19)14-23/h1-7H,8-13H2. The van der Waals surface area contributed by atoms with Gasteiger partial charge in [-0.3, -0.25) is 4.79 Å². The Morgan fingerprint density at radius 3 is 2.44 bits per heavy atom. The Hall–Kier alpha value is -3.14. The lowest BCUT2D eigenvalue weighted by atomic mass is 10.1. The first-order chi connectivity index (χ1) is 13.1. The van der Waals surface area contributed by atoms with Crippen LogP contribution in [0.3, 0.4) is 0 Å². The number of piperazine rings is 1. The molecule has 1 heterocycles. The summed E-state index contributed by atoms with van der Waals surface area (Å²) in [5, 5.41) is 9.16. The molecule has 0 aromatic heterocycles. The van der Waals surface area contributed by atoms with E-state index in [0.29, 0.717) is 37.6 Å². The van der Waals surface area contributed by atoms with E-state index in [9.17, 15) is 13.6 Å². The molecule has 140 valence electrons. The maximum Gasteiger partial charge on any atom is 0.226 e. The Morgan fingerprint density at radius 1 is 1.07 bits per heavy atom. The number of nitriles is 1. The van der Waals surface area contributed by atoms with Crippen molar-refractivity contribution in [1.82, 2.24) is 4.90 Å². The van der Waals surface area contributed by atoms with Crippen molar-refractivity contribution in [2.75, 3.05) is 37.7 Å². The van der Waals surface area contributed by atoms with Crippen molar-refractivity contribution in [2.24, 2.45) is 0 Å². The molecule has 0 unspecified atom stereocenters. The van der Waals surface area contributed by atoms with Crippen LogP contribution in [0.25, 0.3) is 0 Å². The number of amides is 1. The van der Waals surface area contributed by atoms with Crippen LogP contribution in [0.2, 0.25) is 0 Å². The second-order valence-electron chi connectivity index (χ2n) is 6.17. The molecule has 0 saturated carbocycles. The Labute approximate surface area is 156 Å². The number of carbonyl (C=O) groups is 1. The minimum absolute atomic E-state index is 0.0310. The first kappa shape index (κ1) is 18.6. The molecule has 1 aliphatic heterocycles. The van der Waals surface area contributed by atoms with Crippen molar-refractivity contribution >= 4 is 11.6 Å². The van der Waals surface area contributed by atoms with Gasteiger partial charge in [0, 0.05) is 26.2 Å². The molecule has 3 rings (SSSR count). The Balaban J connectivity index is 1.49. The summed E-state index contributed by atoms with van der Waals surface area (Å²) in [6.07, 6.45) is 0.223. The maximum atomic E-state index is 13.8. The molecule has 0 bridgehead atoms. The summed E-state index contributed by atoms with van der Waals surface area (Å²) >= 11 is 0. The SMILES string of the molecule is N#Cc1c(F)cccc1N1CCN(C(=O)CCOc2ccc(F)cc2)CC1. The van der Waals surface area contributed by atoms with Gasteiger partial charge in [0.05, 0.1) is 18.7 Å². The van der Waals surface area contributed by atoms with Gasteiger partial charge in [-0.2, -0.15) is 5.26 Å². The molecule has 1 fully saturated rings. The maximum absolute atomic E-state index is 13.8. The van der Waals surface area contributed by atoms with Crippen LogP contribution in [-0.4, -0.2) is 43.6 Å². The van der Waals surface area contributed by atoms with E-state index in [4.69, 9.17) is 10.00 Å². The third-order valence-corrected chi connectivity index (χ3v) is 4.47. The highest BCUT2D eigenvalue weighted by molar-refractivity contribution is 5.76. The lowest BCUT2D eigenvalue weighted by Crippen LogP contribution is -2.49. The van der Waals surface area contributed by atoms with Gasteiger partial charge in [0.1, 0.15) is 29.0 Å². The average molecular weight is 371 g/mol. The molecule has 7 heteroatoms. The molecule has 1 amide bonds. The van der Waals surface area contributed by atoms with Gasteiger partial charge in [0.2, 0.25) is 5.91 Å². The van der Waals surface area contributed by atoms with Crippen molar-refractivity contribution in [3.8, 4) is 11.8 Å². The molecule has 2 aromatic rings. The predicted molar refractivity (Wildman–Crippen MR) is 96.4 cm³/mol. The van der Waals surface area contributed by atoms with Crippen LogP contribution in [0.1, 0.15) is 12.0 Å². The molecule has 27 heavy (non-hydrogen) atoms. The van der Waals surface area contributed by atoms with E-state index in [1.54, 1.807) is 17.0 Å². The highest BCUT2D eigenvalue weighted by Crippen LogP contribution is 2.23. The smallest absolute Gasteiger partial charge is 0.226 e. The molecule has 0 atom stereocenters. The fourth-order valence-electron chi connectivity index (χ4n) is 3.03. The lowest BCUT2D eigenvalue weighted by Gasteiger charge is -2.36. The van der Waals surface area contributed by atoms with Crippen molar-refractivity contribution in [3.05, 3.63) is 59.7 Å². The van der Waals surface area contributed by atoms with Gasteiger partial charge in [-0.05, 0) is 36.4 Å². The monoisotopic (exact) mass is 371 g/mol. The Kier molecular flexibility index (Phi) is 5.87. The molecule has 1 aliphatic rings. The van der Waals surface area contributed by atoms with Crippen molar-refractivity contribution < 1.29 is 18.3 Å². The van der Waals surface area contributed by atoms with E-state index >= 15 is 0 Å². The third-order valence-electron chi connectivity index (χ3n) is 4.47. The quantitative estimate of drug-likeness (QED) is 0.811. The van der Waals surface area contributed by atoms with Gasteiger partial charge in [-0.25, -0.2) is 8.78 Å². The molecule has 0 radical (unpaired) electrons. The third kappa shape index (κ3) is 4.53. The van der Waals surface area contributed by atoms with Crippen LogP contribution in [0.5, 0.6) is 5.75 Å². The molecule has 5 nitrogen and oxygen atoms in total. The molecular formula is C20H19F2N3O2. The van der Waals surface area contributed by atoms with Crippen LogP contribution in [0, 0.1) is 23.0 Å². The second kappa shape index (κ2) is 8.49. The zero-order valence-corrected chi connectivity index (χ0v) is 14.7. The van der Waals surface area contributed by atoms with Crippen LogP contribution >= 0.6 is 0 Å². The summed E-state index contributed by atoms with van der Waals surface area (Å²) in [5.41, 5.74) is 0.592. The molecule has 1 saturated heterocycles. The number of carbonyl (C=O) groups excluding carboxylic acids is 1. The summed E-state index contributed by atoms with van der Waals surface area (Å²) in [6.45, 7) is 2.27. The molecule has 0 spiro atoms. The summed E-state index contributed by atoms with van der Waals surface area (Å²) < 4.78 is 32.1.